The van der Waals surface area contributed by atoms with Crippen LogP contribution in [-0.4, -0.2) is 42.5 Å². The van der Waals surface area contributed by atoms with Crippen molar-refractivity contribution in [2.75, 3.05) is 19.6 Å². The molecule has 5 heteroatoms. The van der Waals surface area contributed by atoms with Crippen molar-refractivity contribution in [1.29, 1.82) is 0 Å². The average Bonchev–Trinajstić information content (AvgIpc) is 2.99. The van der Waals surface area contributed by atoms with Gasteiger partial charge in [-0.1, -0.05) is 0 Å². The summed E-state index contributed by atoms with van der Waals surface area (Å²) >= 11 is 1.73. The molecule has 1 aliphatic carbocycles. The van der Waals surface area contributed by atoms with Gasteiger partial charge in [0.25, 0.3) is 0 Å². The molecule has 0 bridgehead atoms. The van der Waals surface area contributed by atoms with E-state index in [9.17, 15) is 4.79 Å². The third-order valence-corrected chi connectivity index (χ3v) is 6.69. The third-order valence-electron chi connectivity index (χ3n) is 5.96. The molecule has 4 nitrogen and oxygen atoms in total. The van der Waals surface area contributed by atoms with Crippen LogP contribution in [0.25, 0.3) is 0 Å². The molecule has 1 aromatic rings. The molecular weight excluding hydrogens is 306 g/mol. The summed E-state index contributed by atoms with van der Waals surface area (Å²) in [6.45, 7) is 4.10. The van der Waals surface area contributed by atoms with Crippen LogP contribution in [0.2, 0.25) is 0 Å². The number of nitrogens with zero attached hydrogens (tertiary/aromatic N) is 1. The number of rotatable bonds is 5. The molecule has 126 valence electrons. The van der Waals surface area contributed by atoms with Crippen molar-refractivity contribution < 1.29 is 4.79 Å². The molecule has 3 heterocycles. The van der Waals surface area contributed by atoms with E-state index in [0.29, 0.717) is 29.8 Å². The number of amides is 1. The Labute approximate surface area is 142 Å². The zero-order chi connectivity index (χ0) is 15.7. The molecule has 1 aromatic heterocycles. The predicted octanol–water partition coefficient (Wildman–Crippen LogP) is 2.36. The van der Waals surface area contributed by atoms with Crippen molar-refractivity contribution in [2.24, 2.45) is 5.41 Å². The van der Waals surface area contributed by atoms with Crippen LogP contribution in [0.3, 0.4) is 0 Å². The van der Waals surface area contributed by atoms with Gasteiger partial charge in [-0.05, 0) is 79.5 Å². The Morgan fingerprint density at radius 2 is 2.22 bits per heavy atom. The van der Waals surface area contributed by atoms with Gasteiger partial charge in [-0.2, -0.15) is 11.3 Å². The van der Waals surface area contributed by atoms with Gasteiger partial charge in [-0.15, -0.1) is 0 Å². The minimum atomic E-state index is 0.357. The van der Waals surface area contributed by atoms with Crippen molar-refractivity contribution in [1.82, 2.24) is 15.5 Å². The summed E-state index contributed by atoms with van der Waals surface area (Å²) in [5, 5.41) is 11.2. The number of carbonyl (C=O) groups excluding carboxylic acids is 1. The first-order valence-electron chi connectivity index (χ1n) is 9.01. The van der Waals surface area contributed by atoms with E-state index in [4.69, 9.17) is 0 Å². The third kappa shape index (κ3) is 3.32. The minimum Gasteiger partial charge on any atom is -0.335 e. The molecule has 4 rings (SSSR count). The van der Waals surface area contributed by atoms with Gasteiger partial charge in [-0.25, -0.2) is 0 Å². The van der Waals surface area contributed by atoms with E-state index in [0.717, 1.165) is 32.6 Å². The molecule has 3 aliphatic rings. The molecule has 1 amide bonds. The minimum absolute atomic E-state index is 0.357. The van der Waals surface area contributed by atoms with Crippen LogP contribution < -0.4 is 10.6 Å². The van der Waals surface area contributed by atoms with Crippen LogP contribution in [0.1, 0.15) is 44.1 Å². The fraction of sp³-hybridized carbons (Fsp3) is 0.722. The molecule has 0 aromatic carbocycles. The standard InChI is InChI=1S/C18H27N3OS/c22-17(10-15-2-1-6-20-15)21(12-14-3-9-23-13-14)16-11-18(16)4-7-19-8-5-18/h3,9,13,15-16,19-20H,1-2,4-8,10-12H2/t15-,16+/m0/s1. The Kier molecular flexibility index (Phi) is 4.43. The highest BCUT2D eigenvalue weighted by Crippen LogP contribution is 2.56. The molecular formula is C18H27N3OS. The van der Waals surface area contributed by atoms with E-state index in [1.54, 1.807) is 11.3 Å². The van der Waals surface area contributed by atoms with Crippen molar-refractivity contribution in [3.8, 4) is 0 Å². The lowest BCUT2D eigenvalue weighted by atomic mass is 9.93. The molecule has 2 atom stereocenters. The van der Waals surface area contributed by atoms with Crippen molar-refractivity contribution in [3.05, 3.63) is 22.4 Å². The summed E-state index contributed by atoms with van der Waals surface area (Å²) in [6.07, 6.45) is 6.70. The normalized spacial score (nSPS) is 28.9. The molecule has 23 heavy (non-hydrogen) atoms. The summed E-state index contributed by atoms with van der Waals surface area (Å²) in [6, 6.07) is 3.03. The van der Waals surface area contributed by atoms with Crippen LogP contribution in [0.4, 0.5) is 0 Å². The highest BCUT2D eigenvalue weighted by atomic mass is 32.1. The lowest BCUT2D eigenvalue weighted by Gasteiger charge is -2.30. The van der Waals surface area contributed by atoms with Gasteiger partial charge >= 0.3 is 0 Å². The van der Waals surface area contributed by atoms with Crippen molar-refractivity contribution >= 4 is 17.2 Å². The van der Waals surface area contributed by atoms with Crippen LogP contribution in [-0.2, 0) is 11.3 Å². The van der Waals surface area contributed by atoms with Gasteiger partial charge in [0.2, 0.25) is 5.91 Å². The fourth-order valence-electron chi connectivity index (χ4n) is 4.44. The van der Waals surface area contributed by atoms with Gasteiger partial charge in [0.05, 0.1) is 0 Å². The first-order chi connectivity index (χ1) is 11.3. The van der Waals surface area contributed by atoms with Crippen LogP contribution >= 0.6 is 11.3 Å². The van der Waals surface area contributed by atoms with Crippen LogP contribution in [0.15, 0.2) is 16.8 Å². The topological polar surface area (TPSA) is 44.4 Å². The molecule has 2 aliphatic heterocycles. The maximum atomic E-state index is 13.0. The van der Waals surface area contributed by atoms with E-state index in [1.807, 2.05) is 0 Å². The summed E-state index contributed by atoms with van der Waals surface area (Å²) in [7, 11) is 0. The van der Waals surface area contributed by atoms with E-state index in [-0.39, 0.29) is 0 Å². The van der Waals surface area contributed by atoms with E-state index < -0.39 is 0 Å². The van der Waals surface area contributed by atoms with Crippen molar-refractivity contribution in [3.63, 3.8) is 0 Å². The maximum absolute atomic E-state index is 13.0. The monoisotopic (exact) mass is 333 g/mol. The lowest BCUT2D eigenvalue weighted by Crippen LogP contribution is -2.41. The Hall–Kier alpha value is -0.910. The van der Waals surface area contributed by atoms with Gasteiger partial charge in [0.15, 0.2) is 0 Å². The number of piperidine rings is 1. The molecule has 1 spiro atoms. The lowest BCUT2D eigenvalue weighted by molar-refractivity contribution is -0.133. The van der Waals surface area contributed by atoms with Gasteiger partial charge < -0.3 is 15.5 Å². The smallest absolute Gasteiger partial charge is 0.224 e. The number of thiophene rings is 1. The molecule has 2 N–H and O–H groups in total. The largest absolute Gasteiger partial charge is 0.335 e. The predicted molar refractivity (Wildman–Crippen MR) is 93.5 cm³/mol. The van der Waals surface area contributed by atoms with Gasteiger partial charge in [-0.3, -0.25) is 4.79 Å². The molecule has 3 fully saturated rings. The summed E-state index contributed by atoms with van der Waals surface area (Å²) in [5.74, 6) is 0.357. The number of hydrogen-bond donors (Lipinski definition) is 2. The summed E-state index contributed by atoms with van der Waals surface area (Å²) in [4.78, 5) is 15.2. The molecule has 0 radical (unpaired) electrons. The Balaban J connectivity index is 1.46. The molecule has 1 saturated carbocycles. The van der Waals surface area contributed by atoms with Crippen LogP contribution in [0.5, 0.6) is 0 Å². The first-order valence-corrected chi connectivity index (χ1v) is 9.96. The zero-order valence-corrected chi connectivity index (χ0v) is 14.5. The Morgan fingerprint density at radius 3 is 2.91 bits per heavy atom. The number of carbonyl (C=O) groups is 1. The van der Waals surface area contributed by atoms with E-state index in [1.165, 1.54) is 31.2 Å². The second kappa shape index (κ2) is 6.54. The maximum Gasteiger partial charge on any atom is 0.224 e. The van der Waals surface area contributed by atoms with Crippen molar-refractivity contribution in [2.45, 2.75) is 57.2 Å². The Bertz CT molecular complexity index is 532. The van der Waals surface area contributed by atoms with Gasteiger partial charge in [0.1, 0.15) is 0 Å². The van der Waals surface area contributed by atoms with Gasteiger partial charge in [0, 0.05) is 25.0 Å². The highest BCUT2D eigenvalue weighted by molar-refractivity contribution is 7.07. The summed E-state index contributed by atoms with van der Waals surface area (Å²) < 4.78 is 0. The first kappa shape index (κ1) is 15.6. The second-order valence-electron chi connectivity index (χ2n) is 7.48. The molecule has 0 unspecified atom stereocenters. The van der Waals surface area contributed by atoms with Crippen LogP contribution in [0, 0.1) is 5.41 Å². The number of hydrogen-bond acceptors (Lipinski definition) is 4. The fourth-order valence-corrected chi connectivity index (χ4v) is 5.10. The van der Waals surface area contributed by atoms with E-state index in [2.05, 4.69) is 32.4 Å². The average molecular weight is 334 g/mol. The van der Waals surface area contributed by atoms with E-state index >= 15 is 0 Å². The quantitative estimate of drug-likeness (QED) is 0.869. The Morgan fingerprint density at radius 1 is 1.35 bits per heavy atom. The zero-order valence-electron chi connectivity index (χ0n) is 13.7. The molecule has 2 saturated heterocycles. The summed E-state index contributed by atoms with van der Waals surface area (Å²) in [5.41, 5.74) is 1.71. The number of nitrogens with one attached hydrogen (secondary N) is 2. The highest BCUT2D eigenvalue weighted by Gasteiger charge is 2.57. The second-order valence-corrected chi connectivity index (χ2v) is 8.26. The SMILES string of the molecule is O=C(C[C@@H]1CCCN1)N(Cc1ccsc1)[C@@H]1CC12CCNCC2.